The second-order valence-corrected chi connectivity index (χ2v) is 4.55. The van der Waals surface area contributed by atoms with E-state index in [4.69, 9.17) is 23.2 Å². The minimum Gasteiger partial charge on any atom is -0.321 e. The number of hydrogen-bond acceptors (Lipinski definition) is 2. The zero-order valence-corrected chi connectivity index (χ0v) is 11.3. The summed E-state index contributed by atoms with van der Waals surface area (Å²) in [6, 6.07) is 8.67. The molecule has 2 aromatic rings. The molecule has 1 amide bonds. The van der Waals surface area contributed by atoms with Gasteiger partial charge >= 0.3 is 0 Å². The van der Waals surface area contributed by atoms with Crippen LogP contribution in [0.15, 0.2) is 48.8 Å². The van der Waals surface area contributed by atoms with Crippen molar-refractivity contribution in [2.45, 2.75) is 0 Å². The zero-order valence-electron chi connectivity index (χ0n) is 9.81. The van der Waals surface area contributed by atoms with Crippen LogP contribution < -0.4 is 5.32 Å². The van der Waals surface area contributed by atoms with Gasteiger partial charge in [0.05, 0.1) is 21.9 Å². The number of nitrogens with zero attached hydrogens (tertiary/aromatic N) is 1. The molecule has 0 bridgehead atoms. The summed E-state index contributed by atoms with van der Waals surface area (Å²) < 4.78 is 0. The van der Waals surface area contributed by atoms with Gasteiger partial charge in [0.1, 0.15) is 0 Å². The molecule has 96 valence electrons. The minimum absolute atomic E-state index is 0.237. The third kappa shape index (κ3) is 4.09. The summed E-state index contributed by atoms with van der Waals surface area (Å²) in [5.74, 6) is -0.237. The van der Waals surface area contributed by atoms with Crippen LogP contribution in [-0.2, 0) is 4.79 Å². The van der Waals surface area contributed by atoms with Crippen molar-refractivity contribution in [1.29, 1.82) is 0 Å². The van der Waals surface area contributed by atoms with E-state index in [-0.39, 0.29) is 5.91 Å². The summed E-state index contributed by atoms with van der Waals surface area (Å²) in [4.78, 5) is 15.6. The smallest absolute Gasteiger partial charge is 0.248 e. The standard InChI is InChI=1S/C14H10Cl2N2O/c15-12-5-3-10(8-13(12)16)4-6-14(19)18-11-2-1-7-17-9-11/h1-9H,(H,18,19)/b6-4+. The van der Waals surface area contributed by atoms with Gasteiger partial charge in [-0.15, -0.1) is 0 Å². The molecule has 1 heterocycles. The summed E-state index contributed by atoms with van der Waals surface area (Å²) in [5.41, 5.74) is 1.45. The Morgan fingerprint density at radius 1 is 1.21 bits per heavy atom. The summed E-state index contributed by atoms with van der Waals surface area (Å²) >= 11 is 11.7. The first-order valence-corrected chi connectivity index (χ1v) is 6.25. The number of anilines is 1. The van der Waals surface area contributed by atoms with Gasteiger partial charge in [0, 0.05) is 12.3 Å². The number of nitrogens with one attached hydrogen (secondary N) is 1. The molecular formula is C14H10Cl2N2O. The molecule has 0 aliphatic rings. The van der Waals surface area contributed by atoms with Crippen LogP contribution >= 0.6 is 23.2 Å². The molecule has 0 saturated heterocycles. The third-order valence-corrected chi connectivity index (χ3v) is 3.04. The van der Waals surface area contributed by atoms with Crippen molar-refractivity contribution in [3.05, 3.63) is 64.4 Å². The van der Waals surface area contributed by atoms with Crippen molar-refractivity contribution in [3.63, 3.8) is 0 Å². The van der Waals surface area contributed by atoms with Crippen LogP contribution in [0.25, 0.3) is 6.08 Å². The topological polar surface area (TPSA) is 42.0 Å². The van der Waals surface area contributed by atoms with E-state index in [1.54, 1.807) is 48.8 Å². The van der Waals surface area contributed by atoms with Crippen LogP contribution in [0.2, 0.25) is 10.0 Å². The van der Waals surface area contributed by atoms with Crippen molar-refractivity contribution in [3.8, 4) is 0 Å². The van der Waals surface area contributed by atoms with Crippen LogP contribution in [-0.4, -0.2) is 10.9 Å². The zero-order chi connectivity index (χ0) is 13.7. The van der Waals surface area contributed by atoms with Crippen molar-refractivity contribution in [2.75, 3.05) is 5.32 Å². The van der Waals surface area contributed by atoms with Gasteiger partial charge in [-0.3, -0.25) is 9.78 Å². The first-order chi connectivity index (χ1) is 9.15. The average molecular weight is 293 g/mol. The van der Waals surface area contributed by atoms with Crippen molar-refractivity contribution < 1.29 is 4.79 Å². The average Bonchev–Trinajstić information content (AvgIpc) is 2.41. The number of halogens is 2. The molecule has 0 atom stereocenters. The molecule has 1 N–H and O–H groups in total. The summed E-state index contributed by atoms with van der Waals surface area (Å²) in [7, 11) is 0. The molecule has 0 aliphatic carbocycles. The van der Waals surface area contributed by atoms with Gasteiger partial charge in [0.25, 0.3) is 0 Å². The fourth-order valence-corrected chi connectivity index (χ4v) is 1.72. The summed E-state index contributed by atoms with van der Waals surface area (Å²) in [6.45, 7) is 0. The van der Waals surface area contributed by atoms with Crippen LogP contribution in [0.1, 0.15) is 5.56 Å². The highest BCUT2D eigenvalue weighted by Crippen LogP contribution is 2.23. The molecule has 19 heavy (non-hydrogen) atoms. The van der Waals surface area contributed by atoms with Gasteiger partial charge in [0.2, 0.25) is 5.91 Å². The molecule has 0 unspecified atom stereocenters. The Morgan fingerprint density at radius 2 is 2.05 bits per heavy atom. The number of pyridine rings is 1. The molecule has 1 aromatic carbocycles. The highest BCUT2D eigenvalue weighted by atomic mass is 35.5. The molecule has 1 aromatic heterocycles. The lowest BCUT2D eigenvalue weighted by Crippen LogP contribution is -2.07. The SMILES string of the molecule is O=C(/C=C/c1ccc(Cl)c(Cl)c1)Nc1cccnc1. The second-order valence-electron chi connectivity index (χ2n) is 3.74. The predicted molar refractivity (Wildman–Crippen MR) is 78.4 cm³/mol. The normalized spacial score (nSPS) is 10.6. The first-order valence-electron chi connectivity index (χ1n) is 5.49. The van der Waals surface area contributed by atoms with Gasteiger partial charge in [-0.2, -0.15) is 0 Å². The quantitative estimate of drug-likeness (QED) is 0.868. The van der Waals surface area contributed by atoms with Crippen molar-refractivity contribution in [1.82, 2.24) is 4.98 Å². The first kappa shape index (κ1) is 13.6. The highest BCUT2D eigenvalue weighted by molar-refractivity contribution is 6.42. The van der Waals surface area contributed by atoms with Crippen LogP contribution in [0.5, 0.6) is 0 Å². The molecule has 0 spiro atoms. The Bertz CT molecular complexity index is 612. The fourth-order valence-electron chi connectivity index (χ4n) is 1.41. The largest absolute Gasteiger partial charge is 0.321 e. The number of amides is 1. The minimum atomic E-state index is -0.237. The fraction of sp³-hybridized carbons (Fsp3) is 0. The Balaban J connectivity index is 2.02. The predicted octanol–water partition coefficient (Wildman–Crippen LogP) is 4.04. The molecule has 0 fully saturated rings. The van der Waals surface area contributed by atoms with Gasteiger partial charge in [-0.25, -0.2) is 0 Å². The number of hydrogen-bond donors (Lipinski definition) is 1. The van der Waals surface area contributed by atoms with Crippen LogP contribution in [0.4, 0.5) is 5.69 Å². The molecule has 0 radical (unpaired) electrons. The summed E-state index contributed by atoms with van der Waals surface area (Å²) in [6.07, 6.45) is 6.30. The lowest BCUT2D eigenvalue weighted by atomic mass is 10.2. The highest BCUT2D eigenvalue weighted by Gasteiger charge is 1.99. The lowest BCUT2D eigenvalue weighted by Gasteiger charge is -2.00. The monoisotopic (exact) mass is 292 g/mol. The van der Waals surface area contributed by atoms with Crippen molar-refractivity contribution in [2.24, 2.45) is 0 Å². The van der Waals surface area contributed by atoms with E-state index < -0.39 is 0 Å². The van der Waals surface area contributed by atoms with Crippen LogP contribution in [0, 0.1) is 0 Å². The third-order valence-electron chi connectivity index (χ3n) is 2.30. The maximum absolute atomic E-state index is 11.7. The number of carbonyl (C=O) groups is 1. The molecule has 0 saturated carbocycles. The summed E-state index contributed by atoms with van der Waals surface area (Å²) in [5, 5.41) is 3.63. The molecule has 0 aliphatic heterocycles. The van der Waals surface area contributed by atoms with Gasteiger partial charge in [-0.1, -0.05) is 29.3 Å². The maximum atomic E-state index is 11.7. The van der Waals surface area contributed by atoms with E-state index in [1.807, 2.05) is 0 Å². The lowest BCUT2D eigenvalue weighted by molar-refractivity contribution is -0.111. The number of aromatic nitrogens is 1. The Labute approximate surface area is 120 Å². The van der Waals surface area contributed by atoms with Crippen molar-refractivity contribution >= 4 is 40.9 Å². The Morgan fingerprint density at radius 3 is 2.74 bits per heavy atom. The molecular weight excluding hydrogens is 283 g/mol. The van der Waals surface area contributed by atoms with Crippen LogP contribution in [0.3, 0.4) is 0 Å². The van der Waals surface area contributed by atoms with E-state index >= 15 is 0 Å². The maximum Gasteiger partial charge on any atom is 0.248 e. The van der Waals surface area contributed by atoms with E-state index in [2.05, 4.69) is 10.3 Å². The number of carbonyl (C=O) groups excluding carboxylic acids is 1. The van der Waals surface area contributed by atoms with E-state index in [9.17, 15) is 4.79 Å². The number of benzene rings is 1. The number of rotatable bonds is 3. The second kappa shape index (κ2) is 6.36. The van der Waals surface area contributed by atoms with Gasteiger partial charge < -0.3 is 5.32 Å². The van der Waals surface area contributed by atoms with Gasteiger partial charge in [-0.05, 0) is 35.9 Å². The molecule has 5 heteroatoms. The molecule has 2 rings (SSSR count). The van der Waals surface area contributed by atoms with E-state index in [0.717, 1.165) is 5.56 Å². The van der Waals surface area contributed by atoms with E-state index in [0.29, 0.717) is 15.7 Å². The molecule has 3 nitrogen and oxygen atoms in total. The van der Waals surface area contributed by atoms with Gasteiger partial charge in [0.15, 0.2) is 0 Å². The Hall–Kier alpha value is -1.84. The Kier molecular flexibility index (Phi) is 4.55. The van der Waals surface area contributed by atoms with E-state index in [1.165, 1.54) is 6.08 Å².